The van der Waals surface area contributed by atoms with E-state index in [0.29, 0.717) is 22.7 Å². The average molecular weight is 296 g/mol. The zero-order chi connectivity index (χ0) is 10.6. The number of alkyl halides is 2. The predicted molar refractivity (Wildman–Crippen MR) is 63.5 cm³/mol. The van der Waals surface area contributed by atoms with Gasteiger partial charge in [-0.1, -0.05) is 33.6 Å². The summed E-state index contributed by atoms with van der Waals surface area (Å²) < 4.78 is 0. The molecule has 0 amide bonds. The molecule has 0 aliphatic carbocycles. The molecule has 0 aliphatic heterocycles. The van der Waals surface area contributed by atoms with E-state index in [2.05, 4.69) is 15.9 Å². The van der Waals surface area contributed by atoms with Gasteiger partial charge >= 0.3 is 0 Å². The van der Waals surface area contributed by atoms with Crippen molar-refractivity contribution in [2.45, 2.75) is 12.3 Å². The van der Waals surface area contributed by atoms with Gasteiger partial charge in [0, 0.05) is 17.3 Å². The predicted octanol–water partition coefficient (Wildman–Crippen LogP) is 3.59. The molecule has 1 aromatic carbocycles. The van der Waals surface area contributed by atoms with E-state index in [-0.39, 0.29) is 5.78 Å². The monoisotopic (exact) mass is 294 g/mol. The molecular formula is C10H9BrCl2O. The zero-order valence-corrected chi connectivity index (χ0v) is 10.5. The van der Waals surface area contributed by atoms with Crippen LogP contribution in [0.4, 0.5) is 0 Å². The molecule has 1 nitrogen and oxygen atoms in total. The molecule has 0 fully saturated rings. The summed E-state index contributed by atoms with van der Waals surface area (Å²) in [4.78, 5) is 11.2. The first-order chi connectivity index (χ1) is 6.67. The Bertz CT molecular complexity index is 339. The fourth-order valence-electron chi connectivity index (χ4n) is 1.15. The number of carbonyl (C=O) groups excluding carboxylic acids is 1. The van der Waals surface area contributed by atoms with Crippen LogP contribution in [0.1, 0.15) is 11.1 Å². The highest BCUT2D eigenvalue weighted by Gasteiger charge is 2.06. The summed E-state index contributed by atoms with van der Waals surface area (Å²) in [5.74, 6) is 0.518. The SMILES string of the molecule is O=C(CBr)Cc1ccc(Cl)cc1CCl. The molecule has 0 saturated carbocycles. The summed E-state index contributed by atoms with van der Waals surface area (Å²) in [6, 6.07) is 5.42. The van der Waals surface area contributed by atoms with E-state index in [1.165, 1.54) is 0 Å². The maximum atomic E-state index is 11.2. The van der Waals surface area contributed by atoms with Crippen molar-refractivity contribution >= 4 is 44.9 Å². The molecule has 0 aromatic heterocycles. The van der Waals surface area contributed by atoms with E-state index >= 15 is 0 Å². The van der Waals surface area contributed by atoms with E-state index in [9.17, 15) is 4.79 Å². The van der Waals surface area contributed by atoms with Crippen LogP contribution in [0.5, 0.6) is 0 Å². The molecule has 0 N–H and O–H groups in total. The smallest absolute Gasteiger partial charge is 0.147 e. The largest absolute Gasteiger partial charge is 0.298 e. The topological polar surface area (TPSA) is 17.1 Å². The van der Waals surface area contributed by atoms with Gasteiger partial charge in [0.1, 0.15) is 5.78 Å². The Kier molecular flexibility index (Phi) is 4.93. The van der Waals surface area contributed by atoms with E-state index in [1.807, 2.05) is 6.07 Å². The third-order valence-corrected chi connectivity index (χ3v) is 3.00. The van der Waals surface area contributed by atoms with Gasteiger partial charge in [0.05, 0.1) is 5.33 Å². The molecular weight excluding hydrogens is 287 g/mol. The second kappa shape index (κ2) is 5.74. The maximum absolute atomic E-state index is 11.2. The van der Waals surface area contributed by atoms with E-state index in [1.54, 1.807) is 12.1 Å². The van der Waals surface area contributed by atoms with Crippen LogP contribution in [-0.2, 0) is 17.1 Å². The fourth-order valence-corrected chi connectivity index (χ4v) is 1.79. The Balaban J connectivity index is 2.90. The van der Waals surface area contributed by atoms with Crippen molar-refractivity contribution in [2.24, 2.45) is 0 Å². The van der Waals surface area contributed by atoms with Crippen LogP contribution in [0.15, 0.2) is 18.2 Å². The van der Waals surface area contributed by atoms with Crippen LogP contribution < -0.4 is 0 Å². The summed E-state index contributed by atoms with van der Waals surface area (Å²) in [5.41, 5.74) is 1.88. The van der Waals surface area contributed by atoms with Crippen molar-refractivity contribution in [3.63, 3.8) is 0 Å². The standard InChI is InChI=1S/C10H9BrCl2O/c11-5-10(14)4-7-1-2-9(13)3-8(7)6-12/h1-3H,4-6H2. The first-order valence-electron chi connectivity index (χ1n) is 4.08. The summed E-state index contributed by atoms with van der Waals surface area (Å²) in [6.45, 7) is 0. The summed E-state index contributed by atoms with van der Waals surface area (Å²) >= 11 is 14.7. The molecule has 0 heterocycles. The van der Waals surface area contributed by atoms with Crippen LogP contribution in [0.25, 0.3) is 0 Å². The van der Waals surface area contributed by atoms with Gasteiger partial charge in [-0.25, -0.2) is 0 Å². The molecule has 0 saturated heterocycles. The second-order valence-electron chi connectivity index (χ2n) is 2.90. The minimum Gasteiger partial charge on any atom is -0.298 e. The van der Waals surface area contributed by atoms with Crippen molar-refractivity contribution in [3.05, 3.63) is 34.3 Å². The lowest BCUT2D eigenvalue weighted by Gasteiger charge is -2.05. The molecule has 0 unspecified atom stereocenters. The molecule has 1 aromatic rings. The molecule has 0 atom stereocenters. The molecule has 0 radical (unpaired) electrons. The lowest BCUT2D eigenvalue weighted by atomic mass is 10.0. The molecule has 0 bridgehead atoms. The molecule has 4 heteroatoms. The van der Waals surface area contributed by atoms with Crippen LogP contribution in [-0.4, -0.2) is 11.1 Å². The van der Waals surface area contributed by atoms with Crippen LogP contribution in [0.3, 0.4) is 0 Å². The zero-order valence-electron chi connectivity index (χ0n) is 7.40. The summed E-state index contributed by atoms with van der Waals surface area (Å²) in [5, 5.41) is 1.02. The lowest BCUT2D eigenvalue weighted by Crippen LogP contribution is -2.05. The van der Waals surface area contributed by atoms with Gasteiger partial charge in [0.2, 0.25) is 0 Å². The van der Waals surface area contributed by atoms with Gasteiger partial charge in [-0.05, 0) is 23.3 Å². The summed E-state index contributed by atoms with van der Waals surface area (Å²) in [6.07, 6.45) is 0.407. The third kappa shape index (κ3) is 3.26. The van der Waals surface area contributed by atoms with Crippen molar-refractivity contribution < 1.29 is 4.79 Å². The van der Waals surface area contributed by atoms with E-state index in [4.69, 9.17) is 23.2 Å². The van der Waals surface area contributed by atoms with Gasteiger partial charge in [-0.15, -0.1) is 11.6 Å². The Hall–Kier alpha value is -0.0500. The molecule has 76 valence electrons. The van der Waals surface area contributed by atoms with Crippen LogP contribution in [0, 0.1) is 0 Å². The Morgan fingerprint density at radius 3 is 2.64 bits per heavy atom. The first-order valence-corrected chi connectivity index (χ1v) is 6.11. The number of hydrogen-bond acceptors (Lipinski definition) is 1. The minimum absolute atomic E-state index is 0.138. The van der Waals surface area contributed by atoms with Gasteiger partial charge in [-0.2, -0.15) is 0 Å². The van der Waals surface area contributed by atoms with Gasteiger partial charge in [-0.3, -0.25) is 4.79 Å². The first kappa shape index (κ1) is 12.0. The normalized spacial score (nSPS) is 10.2. The minimum atomic E-state index is 0.138. The van der Waals surface area contributed by atoms with Gasteiger partial charge in [0.25, 0.3) is 0 Å². The van der Waals surface area contributed by atoms with E-state index < -0.39 is 0 Å². The summed E-state index contributed by atoms with van der Waals surface area (Å²) in [7, 11) is 0. The quantitative estimate of drug-likeness (QED) is 0.776. The number of halogens is 3. The number of carbonyl (C=O) groups is 1. The fraction of sp³-hybridized carbons (Fsp3) is 0.300. The van der Waals surface area contributed by atoms with Gasteiger partial charge < -0.3 is 0 Å². The molecule has 0 aliphatic rings. The van der Waals surface area contributed by atoms with Crippen LogP contribution >= 0.6 is 39.1 Å². The van der Waals surface area contributed by atoms with Crippen molar-refractivity contribution in [2.75, 3.05) is 5.33 Å². The van der Waals surface area contributed by atoms with Crippen LogP contribution in [0.2, 0.25) is 5.02 Å². The number of Topliss-reactive ketones (excluding diaryl/α,β-unsaturated/α-hetero) is 1. The Morgan fingerprint density at radius 1 is 1.36 bits per heavy atom. The van der Waals surface area contributed by atoms with Crippen molar-refractivity contribution in [1.82, 2.24) is 0 Å². The second-order valence-corrected chi connectivity index (χ2v) is 4.16. The molecule has 14 heavy (non-hydrogen) atoms. The van der Waals surface area contributed by atoms with Crippen molar-refractivity contribution in [1.29, 1.82) is 0 Å². The molecule has 1 rings (SSSR count). The lowest BCUT2D eigenvalue weighted by molar-refractivity contribution is -0.115. The van der Waals surface area contributed by atoms with Crippen molar-refractivity contribution in [3.8, 4) is 0 Å². The highest BCUT2D eigenvalue weighted by Crippen LogP contribution is 2.18. The molecule has 0 spiro atoms. The number of ketones is 1. The Labute approximate surface area is 102 Å². The maximum Gasteiger partial charge on any atom is 0.147 e. The number of benzene rings is 1. The third-order valence-electron chi connectivity index (χ3n) is 1.85. The number of rotatable bonds is 4. The average Bonchev–Trinajstić information content (AvgIpc) is 2.20. The number of hydrogen-bond donors (Lipinski definition) is 0. The highest BCUT2D eigenvalue weighted by atomic mass is 79.9. The van der Waals surface area contributed by atoms with Gasteiger partial charge in [0.15, 0.2) is 0 Å². The Morgan fingerprint density at radius 2 is 2.07 bits per heavy atom. The van der Waals surface area contributed by atoms with E-state index in [0.717, 1.165) is 11.1 Å². The highest BCUT2D eigenvalue weighted by molar-refractivity contribution is 9.09.